The normalized spacial score (nSPS) is 17.4. The molecule has 0 bridgehead atoms. The summed E-state index contributed by atoms with van der Waals surface area (Å²) in [6.07, 6.45) is 1.47. The van der Waals surface area contributed by atoms with Crippen molar-refractivity contribution < 1.29 is 19.1 Å². The van der Waals surface area contributed by atoms with Crippen LogP contribution in [-0.4, -0.2) is 48.0 Å². The number of rotatable bonds is 4. The second-order valence-electron chi connectivity index (χ2n) is 5.38. The Balaban J connectivity index is 1.98. The molecule has 1 aromatic heterocycles. The van der Waals surface area contributed by atoms with Gasteiger partial charge in [-0.25, -0.2) is 9.78 Å². The van der Waals surface area contributed by atoms with Crippen LogP contribution in [0.3, 0.4) is 0 Å². The predicted molar refractivity (Wildman–Crippen MR) is 82.5 cm³/mol. The zero-order valence-corrected chi connectivity index (χ0v) is 12.9. The van der Waals surface area contributed by atoms with Crippen molar-refractivity contribution in [3.63, 3.8) is 0 Å². The third-order valence-electron chi connectivity index (χ3n) is 3.71. The van der Waals surface area contributed by atoms with Gasteiger partial charge in [0.2, 0.25) is 5.91 Å². The zero-order valence-electron chi connectivity index (χ0n) is 12.9. The number of methoxy groups -OCH3 is 1. The molecular formula is C15H20N4O4. The molecule has 0 saturated carbocycles. The van der Waals surface area contributed by atoms with Gasteiger partial charge in [0.25, 0.3) is 0 Å². The number of hydrogen-bond acceptors (Lipinski definition) is 5. The minimum Gasteiger partial charge on any atom is -0.469 e. The molecule has 8 nitrogen and oxygen atoms in total. The molecule has 1 aliphatic heterocycles. The second kappa shape index (κ2) is 7.57. The Labute approximate surface area is 134 Å². The Hall–Kier alpha value is -2.64. The Bertz CT molecular complexity index is 605. The number of esters is 1. The quantitative estimate of drug-likeness (QED) is 0.785. The van der Waals surface area contributed by atoms with Crippen LogP contribution in [0, 0.1) is 5.92 Å². The molecule has 2 heterocycles. The maximum absolute atomic E-state index is 12.3. The summed E-state index contributed by atoms with van der Waals surface area (Å²) >= 11 is 0. The Kier molecular flexibility index (Phi) is 5.51. The number of pyridine rings is 1. The maximum Gasteiger partial charge on any atom is 0.323 e. The number of likely N-dealkylation sites (tertiary alicyclic amines) is 1. The number of anilines is 1. The fraction of sp³-hybridized carbons (Fsp3) is 0.467. The van der Waals surface area contributed by atoms with Crippen molar-refractivity contribution in [2.45, 2.75) is 19.3 Å². The minimum absolute atomic E-state index is 0.0354. The van der Waals surface area contributed by atoms with Crippen LogP contribution in [0.4, 0.5) is 10.6 Å². The molecule has 23 heavy (non-hydrogen) atoms. The number of hydrogen-bond donors (Lipinski definition) is 2. The fourth-order valence-electron chi connectivity index (χ4n) is 2.45. The van der Waals surface area contributed by atoms with E-state index >= 15 is 0 Å². The van der Waals surface area contributed by atoms with E-state index in [2.05, 4.69) is 15.0 Å². The van der Waals surface area contributed by atoms with Crippen LogP contribution in [0.5, 0.6) is 0 Å². The Morgan fingerprint density at radius 3 is 2.91 bits per heavy atom. The van der Waals surface area contributed by atoms with E-state index in [9.17, 15) is 14.4 Å². The predicted octanol–water partition coefficient (Wildman–Crippen LogP) is 0.526. The summed E-state index contributed by atoms with van der Waals surface area (Å²) in [6.45, 7) is 0.875. The summed E-state index contributed by atoms with van der Waals surface area (Å²) in [6, 6.07) is 4.67. The van der Waals surface area contributed by atoms with Crippen LogP contribution in [-0.2, 0) is 20.7 Å². The number of ether oxygens (including phenoxy) is 1. The number of nitrogens with one attached hydrogen (secondary N) is 1. The van der Waals surface area contributed by atoms with E-state index < -0.39 is 5.97 Å². The lowest BCUT2D eigenvalue weighted by Gasteiger charge is -2.31. The van der Waals surface area contributed by atoms with Crippen molar-refractivity contribution in [1.82, 2.24) is 9.88 Å². The van der Waals surface area contributed by atoms with Gasteiger partial charge >= 0.3 is 12.0 Å². The number of nitrogens with two attached hydrogens (primary N) is 1. The first-order valence-corrected chi connectivity index (χ1v) is 7.37. The van der Waals surface area contributed by atoms with Crippen molar-refractivity contribution in [3.8, 4) is 0 Å². The highest BCUT2D eigenvalue weighted by molar-refractivity contribution is 5.89. The first-order valence-electron chi connectivity index (χ1n) is 7.37. The summed E-state index contributed by atoms with van der Waals surface area (Å²) < 4.78 is 4.59. The highest BCUT2D eigenvalue weighted by atomic mass is 16.5. The van der Waals surface area contributed by atoms with Gasteiger partial charge in [0.1, 0.15) is 5.82 Å². The molecule has 0 aromatic carbocycles. The van der Waals surface area contributed by atoms with Gasteiger partial charge in [-0.1, -0.05) is 6.07 Å². The van der Waals surface area contributed by atoms with Crippen molar-refractivity contribution in [1.29, 1.82) is 0 Å². The lowest BCUT2D eigenvalue weighted by molar-refractivity contribution is -0.139. The number of aromatic nitrogens is 1. The standard InChI is InChI=1S/C15H20N4O4/c1-23-13(20)8-11-5-2-6-12(17-11)18-15(22)19-7-3-4-10(9-19)14(16)21/h2,5-6,10H,3-4,7-9H2,1H3,(H2,16,21)(H,17,18,22)/t10-/m1/s1. The monoisotopic (exact) mass is 320 g/mol. The average molecular weight is 320 g/mol. The summed E-state index contributed by atoms with van der Waals surface area (Å²) in [7, 11) is 1.31. The van der Waals surface area contributed by atoms with Gasteiger partial charge in [-0.2, -0.15) is 0 Å². The molecule has 2 rings (SSSR count). The lowest BCUT2D eigenvalue weighted by Crippen LogP contribution is -2.45. The van der Waals surface area contributed by atoms with E-state index in [1.807, 2.05) is 0 Å². The molecule has 1 aliphatic rings. The molecule has 0 spiro atoms. The number of piperidine rings is 1. The van der Waals surface area contributed by atoms with E-state index in [4.69, 9.17) is 5.73 Å². The number of primary amides is 1. The molecule has 0 aliphatic carbocycles. The number of amides is 3. The first-order chi connectivity index (χ1) is 11.0. The van der Waals surface area contributed by atoms with Crippen LogP contribution < -0.4 is 11.1 Å². The molecule has 0 radical (unpaired) electrons. The molecule has 1 aromatic rings. The van der Waals surface area contributed by atoms with Crippen LogP contribution in [0.25, 0.3) is 0 Å². The van der Waals surface area contributed by atoms with Crippen LogP contribution in [0.1, 0.15) is 18.5 Å². The van der Waals surface area contributed by atoms with Gasteiger partial charge in [-0.15, -0.1) is 0 Å². The number of nitrogens with zero attached hydrogens (tertiary/aromatic N) is 2. The zero-order chi connectivity index (χ0) is 16.8. The molecule has 8 heteroatoms. The smallest absolute Gasteiger partial charge is 0.323 e. The van der Waals surface area contributed by atoms with Crippen LogP contribution >= 0.6 is 0 Å². The van der Waals surface area contributed by atoms with Crippen LogP contribution in [0.15, 0.2) is 18.2 Å². The minimum atomic E-state index is -0.402. The van der Waals surface area contributed by atoms with Gasteiger partial charge in [-0.3, -0.25) is 14.9 Å². The summed E-state index contributed by atoms with van der Waals surface area (Å²) in [5.41, 5.74) is 5.81. The van der Waals surface area contributed by atoms with Gasteiger partial charge in [0.15, 0.2) is 0 Å². The van der Waals surface area contributed by atoms with Crippen molar-refractivity contribution in [2.24, 2.45) is 11.7 Å². The van der Waals surface area contributed by atoms with E-state index in [0.717, 1.165) is 6.42 Å². The van der Waals surface area contributed by atoms with E-state index in [1.54, 1.807) is 23.1 Å². The van der Waals surface area contributed by atoms with Crippen molar-refractivity contribution >= 4 is 23.7 Å². The third kappa shape index (κ3) is 4.67. The van der Waals surface area contributed by atoms with E-state index in [1.165, 1.54) is 7.11 Å². The van der Waals surface area contributed by atoms with E-state index in [0.29, 0.717) is 31.0 Å². The van der Waals surface area contributed by atoms with Gasteiger partial charge in [0, 0.05) is 13.1 Å². The highest BCUT2D eigenvalue weighted by Gasteiger charge is 2.27. The molecule has 1 fully saturated rings. The summed E-state index contributed by atoms with van der Waals surface area (Å²) in [5.74, 6) is -0.757. The molecule has 1 atom stereocenters. The molecule has 3 N–H and O–H groups in total. The molecule has 124 valence electrons. The van der Waals surface area contributed by atoms with Crippen molar-refractivity contribution in [3.05, 3.63) is 23.9 Å². The number of urea groups is 1. The Morgan fingerprint density at radius 2 is 2.22 bits per heavy atom. The number of carbonyl (C=O) groups is 3. The highest BCUT2D eigenvalue weighted by Crippen LogP contribution is 2.17. The van der Waals surface area contributed by atoms with Gasteiger partial charge in [0.05, 0.1) is 25.1 Å². The third-order valence-corrected chi connectivity index (χ3v) is 3.71. The van der Waals surface area contributed by atoms with Gasteiger partial charge < -0.3 is 15.4 Å². The van der Waals surface area contributed by atoms with E-state index in [-0.39, 0.29) is 24.3 Å². The SMILES string of the molecule is COC(=O)Cc1cccc(NC(=O)N2CCC[C@@H](C(N)=O)C2)n1. The maximum atomic E-state index is 12.3. The average Bonchev–Trinajstić information content (AvgIpc) is 2.55. The number of carbonyl (C=O) groups excluding carboxylic acids is 3. The molecule has 0 unspecified atom stereocenters. The fourth-order valence-corrected chi connectivity index (χ4v) is 2.45. The largest absolute Gasteiger partial charge is 0.469 e. The van der Waals surface area contributed by atoms with Crippen molar-refractivity contribution in [2.75, 3.05) is 25.5 Å². The first kappa shape index (κ1) is 16.7. The molecule has 3 amide bonds. The molecular weight excluding hydrogens is 300 g/mol. The van der Waals surface area contributed by atoms with Gasteiger partial charge in [-0.05, 0) is 25.0 Å². The topological polar surface area (TPSA) is 115 Å². The summed E-state index contributed by atoms with van der Waals surface area (Å²) in [4.78, 5) is 40.5. The Morgan fingerprint density at radius 1 is 1.43 bits per heavy atom. The molecule has 1 saturated heterocycles. The second-order valence-corrected chi connectivity index (χ2v) is 5.38. The lowest BCUT2D eigenvalue weighted by atomic mass is 9.98. The van der Waals surface area contributed by atoms with Crippen LogP contribution in [0.2, 0.25) is 0 Å². The summed E-state index contributed by atoms with van der Waals surface area (Å²) in [5, 5.41) is 2.67.